The molecule has 0 aliphatic carbocycles. The van der Waals surface area contributed by atoms with Crippen molar-refractivity contribution in [3.63, 3.8) is 0 Å². The predicted molar refractivity (Wildman–Crippen MR) is 126 cm³/mol. The van der Waals surface area contributed by atoms with Crippen LogP contribution in [0.5, 0.6) is 11.5 Å². The van der Waals surface area contributed by atoms with Gasteiger partial charge in [0.2, 0.25) is 0 Å². The molecular weight excluding hydrogens is 500 g/mol. The number of ether oxygens (including phenoxy) is 2. The van der Waals surface area contributed by atoms with Crippen molar-refractivity contribution in [2.75, 3.05) is 18.1 Å². The van der Waals surface area contributed by atoms with Gasteiger partial charge in [-0.3, -0.25) is 14.9 Å². The van der Waals surface area contributed by atoms with Crippen LogP contribution in [0.25, 0.3) is 6.08 Å². The normalized spacial score (nSPS) is 15.2. The number of amides is 4. The summed E-state index contributed by atoms with van der Waals surface area (Å²) in [6, 6.07) is 7.42. The molecular formula is C23H22BrClN2O5. The molecule has 0 atom stereocenters. The van der Waals surface area contributed by atoms with Gasteiger partial charge in [-0.15, -0.1) is 0 Å². The predicted octanol–water partition coefficient (Wildman–Crippen LogP) is 5.26. The first kappa shape index (κ1) is 23.8. The van der Waals surface area contributed by atoms with Crippen LogP contribution >= 0.6 is 27.5 Å². The zero-order chi connectivity index (χ0) is 23.4. The van der Waals surface area contributed by atoms with Crippen LogP contribution in [-0.2, 0) is 9.59 Å². The van der Waals surface area contributed by atoms with Crippen molar-refractivity contribution in [2.45, 2.75) is 27.2 Å². The highest BCUT2D eigenvalue weighted by Crippen LogP contribution is 2.38. The summed E-state index contributed by atoms with van der Waals surface area (Å²) in [7, 11) is 0. The van der Waals surface area contributed by atoms with Crippen molar-refractivity contribution in [2.24, 2.45) is 0 Å². The van der Waals surface area contributed by atoms with Gasteiger partial charge in [-0.1, -0.05) is 24.6 Å². The van der Waals surface area contributed by atoms with E-state index in [2.05, 4.69) is 21.2 Å². The monoisotopic (exact) mass is 520 g/mol. The van der Waals surface area contributed by atoms with Gasteiger partial charge < -0.3 is 9.47 Å². The number of hydrogen-bond acceptors (Lipinski definition) is 5. The van der Waals surface area contributed by atoms with Gasteiger partial charge in [0, 0.05) is 5.02 Å². The summed E-state index contributed by atoms with van der Waals surface area (Å²) in [5.41, 5.74) is 1.30. The first-order chi connectivity index (χ1) is 15.3. The van der Waals surface area contributed by atoms with Gasteiger partial charge in [0.05, 0.1) is 23.4 Å². The standard InChI is InChI=1S/C23H22BrClN2O5/c1-4-8-32-20-17(24)10-14(11-19(20)31-5-2)9-16-21(28)26-23(30)27(22(16)29)18-12-15(25)7-6-13(18)3/h6-7,9-12H,4-5,8H2,1-3H3,(H,26,28,30)/b16-9+. The quantitative estimate of drug-likeness (QED) is 0.397. The lowest BCUT2D eigenvalue weighted by atomic mass is 10.1. The van der Waals surface area contributed by atoms with Crippen molar-refractivity contribution in [3.8, 4) is 11.5 Å². The summed E-state index contributed by atoms with van der Waals surface area (Å²) in [6.07, 6.45) is 2.24. The molecule has 0 saturated carbocycles. The molecule has 1 aliphatic rings. The molecule has 32 heavy (non-hydrogen) atoms. The Kier molecular flexibility index (Phi) is 7.58. The molecule has 0 radical (unpaired) electrons. The second-order valence-electron chi connectivity index (χ2n) is 7.00. The zero-order valence-electron chi connectivity index (χ0n) is 17.8. The van der Waals surface area contributed by atoms with Gasteiger partial charge in [-0.2, -0.15) is 0 Å². The Morgan fingerprint density at radius 3 is 2.56 bits per heavy atom. The number of halogens is 2. The van der Waals surface area contributed by atoms with Gasteiger partial charge >= 0.3 is 6.03 Å². The number of nitrogens with one attached hydrogen (secondary N) is 1. The molecule has 2 aromatic rings. The molecule has 1 fully saturated rings. The summed E-state index contributed by atoms with van der Waals surface area (Å²) in [6.45, 7) is 6.50. The average molecular weight is 522 g/mol. The zero-order valence-corrected chi connectivity index (χ0v) is 20.2. The van der Waals surface area contributed by atoms with E-state index in [9.17, 15) is 14.4 Å². The largest absolute Gasteiger partial charge is 0.490 e. The van der Waals surface area contributed by atoms with Gasteiger partial charge in [-0.05, 0) is 77.7 Å². The third-order valence-corrected chi connectivity index (χ3v) is 5.43. The lowest BCUT2D eigenvalue weighted by molar-refractivity contribution is -0.122. The fraction of sp³-hybridized carbons (Fsp3) is 0.261. The lowest BCUT2D eigenvalue weighted by Crippen LogP contribution is -2.54. The highest BCUT2D eigenvalue weighted by Gasteiger charge is 2.37. The van der Waals surface area contributed by atoms with E-state index in [4.69, 9.17) is 21.1 Å². The van der Waals surface area contributed by atoms with Crippen LogP contribution < -0.4 is 19.7 Å². The molecule has 1 saturated heterocycles. The van der Waals surface area contributed by atoms with E-state index in [0.717, 1.165) is 11.3 Å². The number of benzene rings is 2. The minimum absolute atomic E-state index is 0.194. The molecule has 3 rings (SSSR count). The third kappa shape index (κ3) is 4.97. The first-order valence-electron chi connectivity index (χ1n) is 10.0. The molecule has 168 valence electrons. The third-order valence-electron chi connectivity index (χ3n) is 4.61. The minimum Gasteiger partial charge on any atom is -0.490 e. The number of imide groups is 2. The van der Waals surface area contributed by atoms with Crippen molar-refractivity contribution in [3.05, 3.63) is 56.5 Å². The van der Waals surface area contributed by atoms with E-state index < -0.39 is 17.8 Å². The van der Waals surface area contributed by atoms with Crippen molar-refractivity contribution >= 4 is 57.1 Å². The van der Waals surface area contributed by atoms with Crippen molar-refractivity contribution < 1.29 is 23.9 Å². The Bertz CT molecular complexity index is 1120. The number of aryl methyl sites for hydroxylation is 1. The van der Waals surface area contributed by atoms with Crippen LogP contribution in [-0.4, -0.2) is 31.1 Å². The number of anilines is 1. The van der Waals surface area contributed by atoms with E-state index in [-0.39, 0.29) is 5.57 Å². The van der Waals surface area contributed by atoms with Crippen LogP contribution in [0.4, 0.5) is 10.5 Å². The second-order valence-corrected chi connectivity index (χ2v) is 8.29. The summed E-state index contributed by atoms with van der Waals surface area (Å²) < 4.78 is 12.1. The first-order valence-corrected chi connectivity index (χ1v) is 11.2. The molecule has 4 amide bonds. The fourth-order valence-electron chi connectivity index (χ4n) is 3.14. The summed E-state index contributed by atoms with van der Waals surface area (Å²) in [5, 5.41) is 2.58. The second kappa shape index (κ2) is 10.2. The van der Waals surface area contributed by atoms with Crippen LogP contribution in [0, 0.1) is 6.92 Å². The topological polar surface area (TPSA) is 84.9 Å². The Labute approximate surface area is 199 Å². The number of hydrogen-bond donors (Lipinski definition) is 1. The molecule has 0 aromatic heterocycles. The SMILES string of the molecule is CCCOc1c(Br)cc(/C=C2\C(=O)NC(=O)N(c3cc(Cl)ccc3C)C2=O)cc1OCC. The fourth-order valence-corrected chi connectivity index (χ4v) is 3.89. The maximum atomic E-state index is 13.2. The molecule has 1 aliphatic heterocycles. The molecule has 0 unspecified atom stereocenters. The number of barbiturate groups is 1. The van der Waals surface area contributed by atoms with E-state index in [1.54, 1.807) is 31.2 Å². The number of urea groups is 1. The van der Waals surface area contributed by atoms with Crippen LogP contribution in [0.3, 0.4) is 0 Å². The minimum atomic E-state index is -0.831. The summed E-state index contributed by atoms with van der Waals surface area (Å²) in [5.74, 6) is -0.507. The number of nitrogens with zero attached hydrogens (tertiary/aromatic N) is 1. The van der Waals surface area contributed by atoms with Crippen molar-refractivity contribution in [1.29, 1.82) is 0 Å². The van der Waals surface area contributed by atoms with Crippen LogP contribution in [0.2, 0.25) is 5.02 Å². The van der Waals surface area contributed by atoms with E-state index >= 15 is 0 Å². The molecule has 0 spiro atoms. The summed E-state index contributed by atoms with van der Waals surface area (Å²) in [4.78, 5) is 39.1. The highest BCUT2D eigenvalue weighted by atomic mass is 79.9. The van der Waals surface area contributed by atoms with Crippen LogP contribution in [0.15, 0.2) is 40.4 Å². The Morgan fingerprint density at radius 2 is 1.88 bits per heavy atom. The van der Waals surface area contributed by atoms with Crippen LogP contribution in [0.1, 0.15) is 31.4 Å². The molecule has 7 nitrogen and oxygen atoms in total. The van der Waals surface area contributed by atoms with Crippen molar-refractivity contribution in [1.82, 2.24) is 5.32 Å². The van der Waals surface area contributed by atoms with Gasteiger partial charge in [0.1, 0.15) is 5.57 Å². The van der Waals surface area contributed by atoms with E-state index in [1.807, 2.05) is 13.8 Å². The maximum Gasteiger partial charge on any atom is 0.335 e. The van der Waals surface area contributed by atoms with Gasteiger partial charge in [0.15, 0.2) is 11.5 Å². The average Bonchev–Trinajstić information content (AvgIpc) is 2.73. The Morgan fingerprint density at radius 1 is 1.12 bits per heavy atom. The van der Waals surface area contributed by atoms with E-state index in [1.165, 1.54) is 12.1 Å². The lowest BCUT2D eigenvalue weighted by Gasteiger charge is -2.27. The Balaban J connectivity index is 2.05. The molecule has 2 aromatic carbocycles. The van der Waals surface area contributed by atoms with Gasteiger partial charge in [-0.25, -0.2) is 9.69 Å². The number of carbonyl (C=O) groups excluding carboxylic acids is 3. The highest BCUT2D eigenvalue weighted by molar-refractivity contribution is 9.10. The van der Waals surface area contributed by atoms with Gasteiger partial charge in [0.25, 0.3) is 11.8 Å². The number of rotatable bonds is 7. The molecule has 0 bridgehead atoms. The van der Waals surface area contributed by atoms with E-state index in [0.29, 0.717) is 51.0 Å². The smallest absolute Gasteiger partial charge is 0.335 e. The molecule has 9 heteroatoms. The maximum absolute atomic E-state index is 13.2. The Hall–Kier alpha value is -2.84. The number of carbonyl (C=O) groups is 3. The summed E-state index contributed by atoms with van der Waals surface area (Å²) >= 11 is 9.53. The molecule has 1 N–H and O–H groups in total. The molecule has 1 heterocycles.